The quantitative estimate of drug-likeness (QED) is 0.667. The molecular weight excluding hydrogens is 342 g/mol. The number of anilines is 3. The molecule has 0 radical (unpaired) electrons. The average Bonchev–Trinajstić information content (AvgIpc) is 2.69. The number of esters is 1. The van der Waals surface area contributed by atoms with Crippen molar-refractivity contribution in [1.82, 2.24) is 4.98 Å². The van der Waals surface area contributed by atoms with Gasteiger partial charge in [0.25, 0.3) is 5.91 Å². The monoisotopic (exact) mass is 361 g/mol. The highest BCUT2D eigenvalue weighted by Gasteiger charge is 2.09. The van der Waals surface area contributed by atoms with E-state index in [-0.39, 0.29) is 5.91 Å². The number of benzene rings is 2. The van der Waals surface area contributed by atoms with Gasteiger partial charge in [-0.05, 0) is 49.4 Å². The lowest BCUT2D eigenvalue weighted by Gasteiger charge is -2.09. The van der Waals surface area contributed by atoms with Gasteiger partial charge in [0.2, 0.25) is 0 Å². The lowest BCUT2D eigenvalue weighted by atomic mass is 10.2. The van der Waals surface area contributed by atoms with Gasteiger partial charge >= 0.3 is 5.97 Å². The van der Waals surface area contributed by atoms with Crippen molar-refractivity contribution in [3.05, 3.63) is 83.6 Å². The molecule has 0 aliphatic rings. The van der Waals surface area contributed by atoms with E-state index in [1.54, 1.807) is 42.6 Å². The second-order valence-electron chi connectivity index (χ2n) is 5.95. The zero-order valence-corrected chi connectivity index (χ0v) is 15.0. The Morgan fingerprint density at radius 2 is 1.70 bits per heavy atom. The van der Waals surface area contributed by atoms with Crippen LogP contribution in [-0.4, -0.2) is 24.0 Å². The summed E-state index contributed by atoms with van der Waals surface area (Å²) < 4.78 is 4.72. The molecule has 2 N–H and O–H groups in total. The molecule has 1 amide bonds. The van der Waals surface area contributed by atoms with Gasteiger partial charge in [-0.25, -0.2) is 9.78 Å². The van der Waals surface area contributed by atoms with Crippen LogP contribution in [0.25, 0.3) is 0 Å². The van der Waals surface area contributed by atoms with E-state index in [4.69, 9.17) is 4.74 Å². The molecule has 0 saturated carbocycles. The molecular formula is C21H19N3O3. The predicted molar refractivity (Wildman–Crippen MR) is 104 cm³/mol. The fourth-order valence-electron chi connectivity index (χ4n) is 2.47. The van der Waals surface area contributed by atoms with Crippen LogP contribution < -0.4 is 10.6 Å². The number of carbonyl (C=O) groups excluding carboxylic acids is 2. The topological polar surface area (TPSA) is 80.3 Å². The molecule has 136 valence electrons. The molecule has 0 unspecified atom stereocenters. The zero-order valence-electron chi connectivity index (χ0n) is 15.0. The van der Waals surface area contributed by atoms with E-state index in [1.807, 2.05) is 31.2 Å². The Hall–Kier alpha value is -3.67. The van der Waals surface area contributed by atoms with Gasteiger partial charge in [-0.15, -0.1) is 0 Å². The van der Waals surface area contributed by atoms with Gasteiger partial charge in [-0.1, -0.05) is 23.8 Å². The largest absolute Gasteiger partial charge is 0.465 e. The SMILES string of the molecule is COC(=O)c1cccc(Nc2cc(C(=O)Nc3ccc(C)cc3)ccn2)c1. The second-order valence-corrected chi connectivity index (χ2v) is 5.95. The molecule has 0 bridgehead atoms. The van der Waals surface area contributed by atoms with Crippen molar-refractivity contribution in [3.63, 3.8) is 0 Å². The first-order valence-electron chi connectivity index (χ1n) is 8.34. The molecule has 1 aromatic heterocycles. The van der Waals surface area contributed by atoms with Crippen molar-refractivity contribution in [2.45, 2.75) is 6.92 Å². The molecule has 0 spiro atoms. The molecule has 6 heteroatoms. The van der Waals surface area contributed by atoms with Crippen LogP contribution in [0.3, 0.4) is 0 Å². The molecule has 3 rings (SSSR count). The molecule has 27 heavy (non-hydrogen) atoms. The van der Waals surface area contributed by atoms with E-state index < -0.39 is 5.97 Å². The van der Waals surface area contributed by atoms with Crippen LogP contribution in [0, 0.1) is 6.92 Å². The lowest BCUT2D eigenvalue weighted by molar-refractivity contribution is 0.0600. The highest BCUT2D eigenvalue weighted by molar-refractivity contribution is 6.04. The highest BCUT2D eigenvalue weighted by Crippen LogP contribution is 2.18. The van der Waals surface area contributed by atoms with Crippen molar-refractivity contribution in [1.29, 1.82) is 0 Å². The molecule has 0 aliphatic heterocycles. The van der Waals surface area contributed by atoms with Gasteiger partial charge in [0.1, 0.15) is 5.82 Å². The predicted octanol–water partition coefficient (Wildman–Crippen LogP) is 4.17. The number of carbonyl (C=O) groups is 2. The van der Waals surface area contributed by atoms with Gasteiger partial charge in [-0.2, -0.15) is 0 Å². The van der Waals surface area contributed by atoms with Crippen molar-refractivity contribution in [2.24, 2.45) is 0 Å². The van der Waals surface area contributed by atoms with Crippen molar-refractivity contribution < 1.29 is 14.3 Å². The summed E-state index contributed by atoms with van der Waals surface area (Å²) in [4.78, 5) is 28.3. The highest BCUT2D eigenvalue weighted by atomic mass is 16.5. The Morgan fingerprint density at radius 1 is 0.926 bits per heavy atom. The Kier molecular flexibility index (Phi) is 5.47. The molecule has 0 atom stereocenters. The summed E-state index contributed by atoms with van der Waals surface area (Å²) >= 11 is 0. The molecule has 0 saturated heterocycles. The molecule has 6 nitrogen and oxygen atoms in total. The number of ether oxygens (including phenoxy) is 1. The minimum Gasteiger partial charge on any atom is -0.465 e. The van der Waals surface area contributed by atoms with E-state index in [2.05, 4.69) is 15.6 Å². The van der Waals surface area contributed by atoms with E-state index in [0.717, 1.165) is 11.3 Å². The summed E-state index contributed by atoms with van der Waals surface area (Å²) in [6, 6.07) is 17.7. The van der Waals surface area contributed by atoms with E-state index in [9.17, 15) is 9.59 Å². The zero-order chi connectivity index (χ0) is 19.2. The number of amides is 1. The first-order valence-corrected chi connectivity index (χ1v) is 8.34. The summed E-state index contributed by atoms with van der Waals surface area (Å²) in [6.07, 6.45) is 1.55. The normalized spacial score (nSPS) is 10.1. The Balaban J connectivity index is 1.74. The average molecular weight is 361 g/mol. The first-order chi connectivity index (χ1) is 13.0. The summed E-state index contributed by atoms with van der Waals surface area (Å²) in [5.74, 6) is -0.154. The number of nitrogens with zero attached hydrogens (tertiary/aromatic N) is 1. The maximum Gasteiger partial charge on any atom is 0.337 e. The molecule has 0 fully saturated rings. The molecule has 1 heterocycles. The number of methoxy groups -OCH3 is 1. The van der Waals surface area contributed by atoms with Gasteiger partial charge < -0.3 is 15.4 Å². The van der Waals surface area contributed by atoms with Crippen LogP contribution in [0.1, 0.15) is 26.3 Å². The summed E-state index contributed by atoms with van der Waals surface area (Å²) in [6.45, 7) is 1.99. The number of aromatic nitrogens is 1. The maximum atomic E-state index is 12.5. The number of pyridine rings is 1. The standard InChI is InChI=1S/C21H19N3O3/c1-14-6-8-17(9-7-14)24-20(25)15-10-11-22-19(13-15)23-18-5-3-4-16(12-18)21(26)27-2/h3-13H,1-2H3,(H,22,23)(H,24,25). The summed E-state index contributed by atoms with van der Waals surface area (Å²) in [5.41, 5.74) is 3.41. The van der Waals surface area contributed by atoms with E-state index in [0.29, 0.717) is 22.6 Å². The smallest absolute Gasteiger partial charge is 0.337 e. The Bertz CT molecular complexity index is 968. The third kappa shape index (κ3) is 4.70. The van der Waals surface area contributed by atoms with Crippen molar-refractivity contribution in [3.8, 4) is 0 Å². The number of aryl methyl sites for hydroxylation is 1. The van der Waals surface area contributed by atoms with E-state index >= 15 is 0 Å². The number of hydrogen-bond donors (Lipinski definition) is 2. The van der Waals surface area contributed by atoms with Gasteiger partial charge in [-0.3, -0.25) is 4.79 Å². The van der Waals surface area contributed by atoms with Crippen LogP contribution in [0.15, 0.2) is 66.9 Å². The second kappa shape index (κ2) is 8.14. The molecule has 2 aromatic carbocycles. The van der Waals surface area contributed by atoms with E-state index in [1.165, 1.54) is 7.11 Å². The summed E-state index contributed by atoms with van der Waals surface area (Å²) in [7, 11) is 1.33. The number of rotatable bonds is 5. The summed E-state index contributed by atoms with van der Waals surface area (Å²) in [5, 5.41) is 5.94. The van der Waals surface area contributed by atoms with Crippen molar-refractivity contribution >= 4 is 29.1 Å². The van der Waals surface area contributed by atoms with Crippen molar-refractivity contribution in [2.75, 3.05) is 17.7 Å². The fraction of sp³-hybridized carbons (Fsp3) is 0.0952. The van der Waals surface area contributed by atoms with Crippen LogP contribution in [-0.2, 0) is 4.74 Å². The third-order valence-electron chi connectivity index (χ3n) is 3.89. The van der Waals surface area contributed by atoms with Crippen LogP contribution in [0.5, 0.6) is 0 Å². The van der Waals surface area contributed by atoms with Crippen LogP contribution in [0.2, 0.25) is 0 Å². The molecule has 0 aliphatic carbocycles. The Morgan fingerprint density at radius 3 is 2.44 bits per heavy atom. The minimum atomic E-state index is -0.419. The Labute approximate surface area is 157 Å². The minimum absolute atomic E-state index is 0.229. The van der Waals surface area contributed by atoms with Gasteiger partial charge in [0.05, 0.1) is 12.7 Å². The van der Waals surface area contributed by atoms with Crippen LogP contribution >= 0.6 is 0 Å². The fourth-order valence-corrected chi connectivity index (χ4v) is 2.47. The first kappa shape index (κ1) is 18.1. The van der Waals surface area contributed by atoms with Gasteiger partial charge in [0.15, 0.2) is 0 Å². The number of hydrogen-bond acceptors (Lipinski definition) is 5. The molecule has 3 aromatic rings. The maximum absolute atomic E-state index is 12.5. The van der Waals surface area contributed by atoms with Gasteiger partial charge in [0, 0.05) is 23.1 Å². The van der Waals surface area contributed by atoms with Crippen LogP contribution in [0.4, 0.5) is 17.2 Å². The lowest BCUT2D eigenvalue weighted by Crippen LogP contribution is -2.12. The third-order valence-corrected chi connectivity index (χ3v) is 3.89. The number of nitrogens with one attached hydrogen (secondary N) is 2.